The number of phenolic OH excluding ortho intramolecular Hbond substituents is 1. The number of H-pyrrole nitrogens is 3. The number of benzene rings is 4. The number of nitrogens with two attached hydrogens (primary N) is 2. The molecular weight excluding hydrogens is 1070 g/mol. The number of aromatic hydroxyl groups is 1. The number of aromatic nitrogens is 6. The van der Waals surface area contributed by atoms with Crippen molar-refractivity contribution in [3.63, 3.8) is 0 Å². The number of primary amides is 1. The lowest BCUT2D eigenvalue weighted by atomic mass is 10.00. The maximum Gasteiger partial charge on any atom is 0.243 e. The molecule has 24 nitrogen and oxygen atoms in total. The van der Waals surface area contributed by atoms with E-state index < -0.39 is 95.6 Å². The van der Waals surface area contributed by atoms with E-state index in [1.807, 2.05) is 50.2 Å². The number of phenols is 1. The highest BCUT2D eigenvalue weighted by molar-refractivity contribution is 5.98. The first kappa shape index (κ1) is 61.6. The summed E-state index contributed by atoms with van der Waals surface area (Å²) >= 11 is 0. The number of hydrogen-bond donors (Lipinski definition) is 13. The van der Waals surface area contributed by atoms with Crippen molar-refractivity contribution in [1.29, 1.82) is 0 Å². The molecule has 440 valence electrons. The standard InChI is InChI=1S/C60H71N15O9/c1-36(2)22-47(71-59(83)51(28-42-31-64-34-67-42)75-56(80)48(25-38-14-8-4-9-15-38)70-54(78)45(61)23-37-12-6-3-7-13-37)55(79)73-52(29-43-32-65-35-68-43)60(84)72-49(26-39-16-10-5-11-17-39)57(81)74-50(27-41-30-63-33-66-41)58(82)69-46(53(62)77)24-40-18-20-44(76)21-19-40/h3-21,30-36,45-52,76H,22-29,61H2,1-2H3,(H2,62,77)(H,63,66)(H,64,67)(H,65,68)(H,69,82)(H,70,78)(H,71,83)(H,72,84)(H,73,79)(H,74,81)(H,75,80)/t45-,46-,47-,48-,49-,50-,51-,52-/m0/s1. The molecule has 0 fully saturated rings. The van der Waals surface area contributed by atoms with Crippen molar-refractivity contribution in [3.05, 3.63) is 192 Å². The largest absolute Gasteiger partial charge is 0.508 e. The highest BCUT2D eigenvalue weighted by Crippen LogP contribution is 2.15. The predicted molar refractivity (Wildman–Crippen MR) is 309 cm³/mol. The molecule has 0 unspecified atom stereocenters. The normalized spacial score (nSPS) is 14.0. The lowest BCUT2D eigenvalue weighted by Gasteiger charge is -2.28. The summed E-state index contributed by atoms with van der Waals surface area (Å²) in [7, 11) is 0. The van der Waals surface area contributed by atoms with Crippen LogP contribution in [0.2, 0.25) is 0 Å². The summed E-state index contributed by atoms with van der Waals surface area (Å²) in [5.41, 5.74) is 16.2. The number of rotatable bonds is 31. The van der Waals surface area contributed by atoms with Crippen LogP contribution < -0.4 is 48.7 Å². The molecule has 0 bridgehead atoms. The average molecular weight is 1150 g/mol. The third-order valence-electron chi connectivity index (χ3n) is 13.7. The summed E-state index contributed by atoms with van der Waals surface area (Å²) in [6, 6.07) is 22.7. The number of nitrogens with zero attached hydrogens (tertiary/aromatic N) is 3. The van der Waals surface area contributed by atoms with Crippen molar-refractivity contribution in [2.24, 2.45) is 17.4 Å². The molecule has 15 N–H and O–H groups in total. The second kappa shape index (κ2) is 30.7. The highest BCUT2D eigenvalue weighted by Gasteiger charge is 2.36. The molecule has 3 aromatic heterocycles. The van der Waals surface area contributed by atoms with Gasteiger partial charge in [-0.1, -0.05) is 117 Å². The van der Waals surface area contributed by atoms with Crippen LogP contribution in [0.5, 0.6) is 5.75 Å². The van der Waals surface area contributed by atoms with Gasteiger partial charge in [0.2, 0.25) is 47.3 Å². The predicted octanol–water partition coefficient (Wildman–Crippen LogP) is 0.813. The van der Waals surface area contributed by atoms with E-state index in [-0.39, 0.29) is 63.0 Å². The van der Waals surface area contributed by atoms with Crippen molar-refractivity contribution >= 4 is 47.3 Å². The Kier molecular flexibility index (Phi) is 22.6. The van der Waals surface area contributed by atoms with Crippen molar-refractivity contribution in [2.75, 3.05) is 0 Å². The summed E-state index contributed by atoms with van der Waals surface area (Å²) in [5, 5.41) is 29.2. The monoisotopic (exact) mass is 1150 g/mol. The molecule has 0 aliphatic heterocycles. The van der Waals surface area contributed by atoms with Crippen LogP contribution in [0.25, 0.3) is 0 Å². The van der Waals surface area contributed by atoms with Crippen molar-refractivity contribution < 1.29 is 43.5 Å². The number of hydrogen-bond acceptors (Lipinski definition) is 13. The zero-order valence-electron chi connectivity index (χ0n) is 46.5. The molecule has 84 heavy (non-hydrogen) atoms. The fraction of sp³-hybridized carbons (Fsp3) is 0.317. The minimum Gasteiger partial charge on any atom is -0.508 e. The van der Waals surface area contributed by atoms with Gasteiger partial charge in [-0.05, 0) is 53.1 Å². The smallest absolute Gasteiger partial charge is 0.243 e. The third kappa shape index (κ3) is 19.4. The summed E-state index contributed by atoms with van der Waals surface area (Å²) < 4.78 is 0. The maximum atomic E-state index is 14.8. The van der Waals surface area contributed by atoms with Gasteiger partial charge >= 0.3 is 0 Å². The van der Waals surface area contributed by atoms with Crippen LogP contribution in [-0.2, 0) is 83.3 Å². The Morgan fingerprint density at radius 2 is 0.702 bits per heavy atom. The minimum absolute atomic E-state index is 0.00173. The Bertz CT molecular complexity index is 3220. The first-order chi connectivity index (χ1) is 40.5. The van der Waals surface area contributed by atoms with Gasteiger partial charge in [-0.2, -0.15) is 0 Å². The summed E-state index contributed by atoms with van der Waals surface area (Å²) in [6.07, 6.45) is 8.38. The van der Waals surface area contributed by atoms with Gasteiger partial charge < -0.3 is 68.7 Å². The molecule has 0 saturated carbocycles. The Balaban J connectivity index is 1.11. The van der Waals surface area contributed by atoms with Gasteiger partial charge in [0.25, 0.3) is 0 Å². The molecule has 24 heteroatoms. The Morgan fingerprint density at radius 3 is 1.05 bits per heavy atom. The molecule has 0 aliphatic carbocycles. The fourth-order valence-electron chi connectivity index (χ4n) is 9.26. The Morgan fingerprint density at radius 1 is 0.405 bits per heavy atom. The highest BCUT2D eigenvalue weighted by atomic mass is 16.3. The third-order valence-corrected chi connectivity index (χ3v) is 13.7. The SMILES string of the molecule is CC(C)C[C@H](NC(=O)[C@H](Cc1cnc[nH]1)NC(=O)[C@H](Cc1ccccc1)NC(=O)[C@@H](N)Cc1ccccc1)C(=O)N[C@@H](Cc1cnc[nH]1)C(=O)N[C@@H](Cc1ccccc1)C(=O)N[C@@H](Cc1cnc[nH]1)C(=O)N[C@@H](Cc1ccc(O)cc1)C(N)=O. The van der Waals surface area contributed by atoms with E-state index in [4.69, 9.17) is 11.5 Å². The molecule has 0 aliphatic rings. The number of aromatic amines is 3. The van der Waals surface area contributed by atoms with E-state index in [0.29, 0.717) is 28.2 Å². The summed E-state index contributed by atoms with van der Waals surface area (Å²) in [5.74, 6) is -6.30. The van der Waals surface area contributed by atoms with Crippen molar-refractivity contribution in [3.8, 4) is 5.75 Å². The van der Waals surface area contributed by atoms with E-state index in [1.165, 1.54) is 49.7 Å². The minimum atomic E-state index is -1.41. The van der Waals surface area contributed by atoms with Crippen LogP contribution in [0.4, 0.5) is 0 Å². The first-order valence-corrected chi connectivity index (χ1v) is 27.4. The van der Waals surface area contributed by atoms with Gasteiger partial charge in [-0.3, -0.25) is 38.4 Å². The van der Waals surface area contributed by atoms with Gasteiger partial charge in [-0.15, -0.1) is 0 Å². The molecule has 8 amide bonds. The van der Waals surface area contributed by atoms with E-state index in [2.05, 4.69) is 67.1 Å². The van der Waals surface area contributed by atoms with Crippen LogP contribution >= 0.6 is 0 Å². The number of amides is 8. The van der Waals surface area contributed by atoms with Crippen LogP contribution in [0, 0.1) is 5.92 Å². The Labute approximate surface area is 485 Å². The summed E-state index contributed by atoms with van der Waals surface area (Å²) in [4.78, 5) is 135. The second-order valence-corrected chi connectivity index (χ2v) is 20.8. The van der Waals surface area contributed by atoms with Gasteiger partial charge in [0.1, 0.15) is 48.0 Å². The van der Waals surface area contributed by atoms with E-state index in [0.717, 1.165) is 11.1 Å². The molecule has 0 spiro atoms. The van der Waals surface area contributed by atoms with Crippen molar-refractivity contribution in [2.45, 2.75) is 114 Å². The molecule has 7 aromatic rings. The van der Waals surface area contributed by atoms with Crippen LogP contribution in [0.15, 0.2) is 153 Å². The van der Waals surface area contributed by atoms with Crippen LogP contribution in [-0.4, -0.2) is 131 Å². The second-order valence-electron chi connectivity index (χ2n) is 20.8. The molecule has 4 aromatic carbocycles. The molecule has 3 heterocycles. The molecule has 7 rings (SSSR count). The van der Waals surface area contributed by atoms with Gasteiger partial charge in [0.15, 0.2) is 0 Å². The first-order valence-electron chi connectivity index (χ1n) is 27.4. The number of imidazole rings is 3. The summed E-state index contributed by atoms with van der Waals surface area (Å²) in [6.45, 7) is 3.67. The average Bonchev–Trinajstić information content (AvgIpc) is 4.39. The van der Waals surface area contributed by atoms with E-state index in [9.17, 15) is 43.5 Å². The molecule has 8 atom stereocenters. The maximum absolute atomic E-state index is 14.8. The number of nitrogens with one attached hydrogen (secondary N) is 10. The molecule has 0 radical (unpaired) electrons. The zero-order valence-corrected chi connectivity index (χ0v) is 46.5. The van der Waals surface area contributed by atoms with Gasteiger partial charge in [-0.25, -0.2) is 15.0 Å². The number of carbonyl (C=O) groups is 8. The van der Waals surface area contributed by atoms with Gasteiger partial charge in [0.05, 0.1) is 25.0 Å². The quantitative estimate of drug-likeness (QED) is 0.0287. The Hall–Kier alpha value is -9.97. The van der Waals surface area contributed by atoms with Crippen LogP contribution in [0.3, 0.4) is 0 Å². The zero-order chi connectivity index (χ0) is 60.0. The van der Waals surface area contributed by atoms with Crippen LogP contribution in [0.1, 0.15) is 59.6 Å². The molecular formula is C60H71N15O9. The van der Waals surface area contributed by atoms with Gasteiger partial charge in [0, 0.05) is 74.2 Å². The lowest BCUT2D eigenvalue weighted by Crippen LogP contribution is -2.61. The van der Waals surface area contributed by atoms with Crippen molar-refractivity contribution in [1.82, 2.24) is 67.1 Å². The molecule has 0 saturated heterocycles. The van der Waals surface area contributed by atoms with E-state index >= 15 is 0 Å². The lowest BCUT2D eigenvalue weighted by molar-refractivity contribution is -0.135. The fourth-order valence-corrected chi connectivity index (χ4v) is 9.26. The van der Waals surface area contributed by atoms with E-state index in [1.54, 1.807) is 66.7 Å². The number of carbonyl (C=O) groups excluding carboxylic acids is 8. The topological polar surface area (TPSA) is 379 Å².